The first-order chi connectivity index (χ1) is 7.15. The average molecular weight is 212 g/mol. The van der Waals surface area contributed by atoms with E-state index in [-0.39, 0.29) is 11.9 Å². The van der Waals surface area contributed by atoms with Crippen LogP contribution in [-0.4, -0.2) is 30.4 Å². The number of hydrogen-bond donors (Lipinski definition) is 1. The van der Waals surface area contributed by atoms with Gasteiger partial charge in [-0.15, -0.1) is 0 Å². The van der Waals surface area contributed by atoms with Gasteiger partial charge in [0.15, 0.2) is 0 Å². The molecule has 0 unspecified atom stereocenters. The van der Waals surface area contributed by atoms with Crippen LogP contribution in [0.1, 0.15) is 45.4 Å². The quantitative estimate of drug-likeness (QED) is 0.755. The van der Waals surface area contributed by atoms with E-state index in [0.717, 1.165) is 19.4 Å². The zero-order chi connectivity index (χ0) is 11.3. The molecule has 0 aliphatic heterocycles. The molecule has 0 aromatic rings. The second kappa shape index (κ2) is 6.11. The van der Waals surface area contributed by atoms with Crippen molar-refractivity contribution in [1.82, 2.24) is 4.90 Å². The van der Waals surface area contributed by atoms with E-state index in [2.05, 4.69) is 6.92 Å². The standard InChI is InChI=1S/C12H24N2O/c1-3-6-11(13)12(15)14(2)9-10-7-4-5-8-10/h10-11H,3-9,13H2,1-2H3/t11-/m0/s1. The number of likely N-dealkylation sites (N-methyl/N-ethyl adjacent to an activating group) is 1. The SMILES string of the molecule is CCC[C@H](N)C(=O)N(C)CC1CCCC1. The third-order valence-corrected chi connectivity index (χ3v) is 3.30. The number of nitrogens with two attached hydrogens (primary N) is 1. The van der Waals surface area contributed by atoms with Crippen LogP contribution in [0.5, 0.6) is 0 Å². The highest BCUT2D eigenvalue weighted by molar-refractivity contribution is 5.81. The van der Waals surface area contributed by atoms with Gasteiger partial charge in [0.25, 0.3) is 0 Å². The van der Waals surface area contributed by atoms with Crippen LogP contribution in [0.15, 0.2) is 0 Å². The molecule has 1 aliphatic carbocycles. The zero-order valence-electron chi connectivity index (χ0n) is 10.0. The van der Waals surface area contributed by atoms with Crippen molar-refractivity contribution < 1.29 is 4.79 Å². The van der Waals surface area contributed by atoms with Crippen LogP contribution >= 0.6 is 0 Å². The average Bonchev–Trinajstić information content (AvgIpc) is 2.69. The summed E-state index contributed by atoms with van der Waals surface area (Å²) < 4.78 is 0. The Morgan fingerprint density at radius 3 is 2.60 bits per heavy atom. The Morgan fingerprint density at radius 2 is 2.07 bits per heavy atom. The summed E-state index contributed by atoms with van der Waals surface area (Å²) in [6.45, 7) is 2.96. The molecule has 0 bridgehead atoms. The van der Waals surface area contributed by atoms with Gasteiger partial charge in [0.05, 0.1) is 6.04 Å². The number of carbonyl (C=O) groups is 1. The van der Waals surface area contributed by atoms with E-state index in [1.54, 1.807) is 0 Å². The van der Waals surface area contributed by atoms with Gasteiger partial charge in [-0.2, -0.15) is 0 Å². The van der Waals surface area contributed by atoms with Crippen LogP contribution in [0, 0.1) is 5.92 Å². The van der Waals surface area contributed by atoms with Crippen LogP contribution < -0.4 is 5.73 Å². The molecule has 15 heavy (non-hydrogen) atoms. The van der Waals surface area contributed by atoms with Crippen LogP contribution in [0.2, 0.25) is 0 Å². The van der Waals surface area contributed by atoms with Gasteiger partial charge in [-0.3, -0.25) is 4.79 Å². The number of amides is 1. The van der Waals surface area contributed by atoms with Crippen molar-refractivity contribution in [2.45, 2.75) is 51.5 Å². The van der Waals surface area contributed by atoms with Crippen LogP contribution in [0.3, 0.4) is 0 Å². The fourth-order valence-corrected chi connectivity index (χ4v) is 2.39. The van der Waals surface area contributed by atoms with E-state index < -0.39 is 0 Å². The van der Waals surface area contributed by atoms with Crippen molar-refractivity contribution in [3.63, 3.8) is 0 Å². The van der Waals surface area contributed by atoms with Crippen molar-refractivity contribution >= 4 is 5.91 Å². The highest BCUT2D eigenvalue weighted by Crippen LogP contribution is 2.25. The second-order valence-electron chi connectivity index (χ2n) is 4.76. The van der Waals surface area contributed by atoms with Gasteiger partial charge in [-0.05, 0) is 25.2 Å². The van der Waals surface area contributed by atoms with E-state index in [1.807, 2.05) is 11.9 Å². The highest BCUT2D eigenvalue weighted by atomic mass is 16.2. The maximum absolute atomic E-state index is 11.8. The lowest BCUT2D eigenvalue weighted by atomic mass is 10.1. The molecule has 1 saturated carbocycles. The Bertz CT molecular complexity index is 200. The number of hydrogen-bond acceptors (Lipinski definition) is 2. The third kappa shape index (κ3) is 3.82. The Balaban J connectivity index is 2.31. The first-order valence-electron chi connectivity index (χ1n) is 6.15. The van der Waals surface area contributed by atoms with Crippen molar-refractivity contribution in [2.24, 2.45) is 11.7 Å². The predicted molar refractivity (Wildman–Crippen MR) is 62.5 cm³/mol. The summed E-state index contributed by atoms with van der Waals surface area (Å²) in [6.07, 6.45) is 6.99. The molecular weight excluding hydrogens is 188 g/mol. The first-order valence-corrected chi connectivity index (χ1v) is 6.15. The summed E-state index contributed by atoms with van der Waals surface area (Å²) in [5.41, 5.74) is 5.81. The van der Waals surface area contributed by atoms with E-state index in [4.69, 9.17) is 5.73 Å². The summed E-state index contributed by atoms with van der Waals surface area (Å²) >= 11 is 0. The molecule has 1 atom stereocenters. The van der Waals surface area contributed by atoms with Gasteiger partial charge in [0, 0.05) is 13.6 Å². The number of nitrogens with zero attached hydrogens (tertiary/aromatic N) is 1. The summed E-state index contributed by atoms with van der Waals surface area (Å²) in [4.78, 5) is 13.7. The molecule has 88 valence electrons. The Labute approximate surface area is 93.0 Å². The molecule has 0 heterocycles. The Hall–Kier alpha value is -0.570. The van der Waals surface area contributed by atoms with Gasteiger partial charge >= 0.3 is 0 Å². The second-order valence-corrected chi connectivity index (χ2v) is 4.76. The van der Waals surface area contributed by atoms with Crippen LogP contribution in [-0.2, 0) is 4.79 Å². The molecule has 0 radical (unpaired) electrons. The lowest BCUT2D eigenvalue weighted by molar-refractivity contribution is -0.132. The maximum atomic E-state index is 11.8. The lowest BCUT2D eigenvalue weighted by Gasteiger charge is -2.24. The van der Waals surface area contributed by atoms with Crippen LogP contribution in [0.4, 0.5) is 0 Å². The Morgan fingerprint density at radius 1 is 1.47 bits per heavy atom. The van der Waals surface area contributed by atoms with Gasteiger partial charge in [0.2, 0.25) is 5.91 Å². The van der Waals surface area contributed by atoms with E-state index in [1.165, 1.54) is 25.7 Å². The lowest BCUT2D eigenvalue weighted by Crippen LogP contribution is -2.43. The fourth-order valence-electron chi connectivity index (χ4n) is 2.39. The predicted octanol–water partition coefficient (Wildman–Crippen LogP) is 1.76. The largest absolute Gasteiger partial charge is 0.344 e. The van der Waals surface area contributed by atoms with E-state index >= 15 is 0 Å². The molecule has 3 nitrogen and oxygen atoms in total. The van der Waals surface area contributed by atoms with Crippen molar-refractivity contribution in [3.05, 3.63) is 0 Å². The van der Waals surface area contributed by atoms with Gasteiger partial charge in [-0.25, -0.2) is 0 Å². The molecule has 0 spiro atoms. The highest BCUT2D eigenvalue weighted by Gasteiger charge is 2.22. The summed E-state index contributed by atoms with van der Waals surface area (Å²) in [5, 5.41) is 0. The zero-order valence-corrected chi connectivity index (χ0v) is 10.0. The summed E-state index contributed by atoms with van der Waals surface area (Å²) in [7, 11) is 1.89. The number of carbonyl (C=O) groups excluding carboxylic acids is 1. The van der Waals surface area contributed by atoms with Crippen LogP contribution in [0.25, 0.3) is 0 Å². The van der Waals surface area contributed by atoms with E-state index in [9.17, 15) is 4.79 Å². The molecular formula is C12H24N2O. The van der Waals surface area contributed by atoms with E-state index in [0.29, 0.717) is 5.92 Å². The normalized spacial score (nSPS) is 19.1. The number of rotatable bonds is 5. The summed E-state index contributed by atoms with van der Waals surface area (Å²) in [5.74, 6) is 0.830. The topological polar surface area (TPSA) is 46.3 Å². The smallest absolute Gasteiger partial charge is 0.239 e. The van der Waals surface area contributed by atoms with Crippen molar-refractivity contribution in [1.29, 1.82) is 0 Å². The molecule has 1 fully saturated rings. The monoisotopic (exact) mass is 212 g/mol. The molecule has 1 aliphatic rings. The van der Waals surface area contributed by atoms with Crippen molar-refractivity contribution in [2.75, 3.05) is 13.6 Å². The first kappa shape index (κ1) is 12.5. The molecule has 2 N–H and O–H groups in total. The fraction of sp³-hybridized carbons (Fsp3) is 0.917. The molecule has 0 aromatic carbocycles. The summed E-state index contributed by atoms with van der Waals surface area (Å²) in [6, 6.07) is -0.290. The maximum Gasteiger partial charge on any atom is 0.239 e. The van der Waals surface area contributed by atoms with Gasteiger partial charge in [0.1, 0.15) is 0 Å². The third-order valence-electron chi connectivity index (χ3n) is 3.30. The van der Waals surface area contributed by atoms with Crippen molar-refractivity contribution in [3.8, 4) is 0 Å². The molecule has 1 rings (SSSR count). The Kier molecular flexibility index (Phi) is 5.09. The molecule has 3 heteroatoms. The molecule has 1 amide bonds. The van der Waals surface area contributed by atoms with Gasteiger partial charge in [-0.1, -0.05) is 26.2 Å². The van der Waals surface area contributed by atoms with Gasteiger partial charge < -0.3 is 10.6 Å². The molecule has 0 saturated heterocycles. The minimum atomic E-state index is -0.290. The molecule has 0 aromatic heterocycles. The minimum Gasteiger partial charge on any atom is -0.344 e. The minimum absolute atomic E-state index is 0.115.